The van der Waals surface area contributed by atoms with Crippen LogP contribution < -0.4 is 0 Å². The summed E-state index contributed by atoms with van der Waals surface area (Å²) in [6.07, 6.45) is 0. The lowest BCUT2D eigenvalue weighted by molar-refractivity contribution is 0.101. The lowest BCUT2D eigenvalue weighted by Crippen LogP contribution is -1.93. The van der Waals surface area contributed by atoms with Gasteiger partial charge in [-0.05, 0) is 25.1 Å². The largest absolute Gasteiger partial charge is 0.507 e. The summed E-state index contributed by atoms with van der Waals surface area (Å²) in [5, 5.41) is 17.8. The number of ketones is 1. The maximum Gasteiger partial charge on any atom is 0.163 e. The zero-order chi connectivity index (χ0) is 10.6. The van der Waals surface area contributed by atoms with Gasteiger partial charge in [-0.3, -0.25) is 4.79 Å². The van der Waals surface area contributed by atoms with Gasteiger partial charge in [0.1, 0.15) is 12.4 Å². The predicted octanol–water partition coefficient (Wildman–Crippen LogP) is 0.939. The number of aromatic hydroxyl groups is 1. The number of rotatable bonds is 1. The Morgan fingerprint density at radius 2 is 2.21 bits per heavy atom. The molecule has 0 saturated heterocycles. The van der Waals surface area contributed by atoms with Crippen LogP contribution in [0.5, 0.6) is 5.75 Å². The van der Waals surface area contributed by atoms with E-state index in [9.17, 15) is 9.90 Å². The van der Waals surface area contributed by atoms with E-state index in [1.807, 2.05) is 0 Å². The molecule has 2 N–H and O–H groups in total. The molecule has 0 bridgehead atoms. The van der Waals surface area contributed by atoms with Crippen LogP contribution in [-0.4, -0.2) is 22.6 Å². The van der Waals surface area contributed by atoms with Gasteiger partial charge in [-0.2, -0.15) is 0 Å². The fraction of sp³-hybridized carbons (Fsp3) is 0.182. The van der Waals surface area contributed by atoms with Crippen molar-refractivity contribution in [1.82, 2.24) is 0 Å². The molecule has 0 aliphatic heterocycles. The number of hydrogen-bond donors (Lipinski definition) is 2. The highest BCUT2D eigenvalue weighted by Crippen LogP contribution is 2.18. The number of aliphatic hydroxyl groups is 1. The molecule has 1 aromatic rings. The van der Waals surface area contributed by atoms with Gasteiger partial charge in [0, 0.05) is 5.56 Å². The minimum absolute atomic E-state index is 0.0490. The topological polar surface area (TPSA) is 57.5 Å². The summed E-state index contributed by atoms with van der Waals surface area (Å²) in [6.45, 7) is 1.15. The molecule has 0 radical (unpaired) electrons. The molecule has 0 saturated carbocycles. The van der Waals surface area contributed by atoms with Crippen molar-refractivity contribution in [3.05, 3.63) is 29.3 Å². The summed E-state index contributed by atoms with van der Waals surface area (Å²) in [5.74, 6) is 4.85. The van der Waals surface area contributed by atoms with Crippen molar-refractivity contribution in [2.45, 2.75) is 6.92 Å². The van der Waals surface area contributed by atoms with E-state index in [1.165, 1.54) is 19.1 Å². The number of aliphatic hydroxyl groups excluding tert-OH is 1. The van der Waals surface area contributed by atoms with E-state index in [0.717, 1.165) is 0 Å². The molecule has 0 amide bonds. The fourth-order valence-electron chi connectivity index (χ4n) is 1.04. The highest BCUT2D eigenvalue weighted by atomic mass is 16.3. The van der Waals surface area contributed by atoms with Crippen LogP contribution in [0.1, 0.15) is 22.8 Å². The Labute approximate surface area is 82.0 Å². The van der Waals surface area contributed by atoms with Gasteiger partial charge >= 0.3 is 0 Å². The van der Waals surface area contributed by atoms with Crippen molar-refractivity contribution < 1.29 is 15.0 Å². The van der Waals surface area contributed by atoms with Crippen molar-refractivity contribution in [3.8, 4) is 17.6 Å². The molecule has 0 heterocycles. The van der Waals surface area contributed by atoms with Crippen LogP contribution in [0.25, 0.3) is 0 Å². The number of hydrogen-bond acceptors (Lipinski definition) is 3. The molecule has 1 aromatic carbocycles. The minimum atomic E-state index is -0.226. The van der Waals surface area contributed by atoms with Crippen LogP contribution in [0.3, 0.4) is 0 Å². The SMILES string of the molecule is CC(=O)c1cc(C#CCO)ccc1O. The van der Waals surface area contributed by atoms with Crippen LogP contribution in [0.15, 0.2) is 18.2 Å². The molecule has 0 atom stereocenters. The maximum absolute atomic E-state index is 11.0. The van der Waals surface area contributed by atoms with Crippen LogP contribution in [-0.2, 0) is 0 Å². The number of Topliss-reactive ketones (excluding diaryl/α,β-unsaturated/α-hetero) is 1. The number of phenols is 1. The van der Waals surface area contributed by atoms with Crippen LogP contribution in [0.4, 0.5) is 0 Å². The van der Waals surface area contributed by atoms with Crippen molar-refractivity contribution in [2.75, 3.05) is 6.61 Å². The van der Waals surface area contributed by atoms with E-state index < -0.39 is 0 Å². The molecule has 72 valence electrons. The first-order valence-corrected chi connectivity index (χ1v) is 4.09. The second-order valence-electron chi connectivity index (χ2n) is 2.75. The molecule has 1 rings (SSSR count). The summed E-state index contributed by atoms with van der Waals surface area (Å²) >= 11 is 0. The Kier molecular flexibility index (Phi) is 3.27. The van der Waals surface area contributed by atoms with Gasteiger partial charge < -0.3 is 10.2 Å². The number of benzene rings is 1. The third-order valence-corrected chi connectivity index (χ3v) is 1.69. The first-order valence-electron chi connectivity index (χ1n) is 4.09. The number of carbonyl (C=O) groups excluding carboxylic acids is 1. The summed E-state index contributed by atoms with van der Waals surface area (Å²) in [7, 11) is 0. The molecule has 0 spiro atoms. The second kappa shape index (κ2) is 4.45. The fourth-order valence-corrected chi connectivity index (χ4v) is 1.04. The molecule has 0 unspecified atom stereocenters. The molecule has 14 heavy (non-hydrogen) atoms. The van der Waals surface area contributed by atoms with Crippen LogP contribution in [0, 0.1) is 11.8 Å². The van der Waals surface area contributed by atoms with E-state index in [0.29, 0.717) is 5.56 Å². The molecule has 3 nitrogen and oxygen atoms in total. The molecule has 0 aliphatic carbocycles. The first kappa shape index (κ1) is 10.3. The molecule has 0 fully saturated rings. The first-order chi connectivity index (χ1) is 6.65. The standard InChI is InChI=1S/C11H10O3/c1-8(13)10-7-9(3-2-6-12)4-5-11(10)14/h4-5,7,12,14H,6H2,1H3. The van der Waals surface area contributed by atoms with Crippen molar-refractivity contribution in [3.63, 3.8) is 0 Å². The summed E-state index contributed by atoms with van der Waals surface area (Å²) < 4.78 is 0. The monoisotopic (exact) mass is 190 g/mol. The van der Waals surface area contributed by atoms with Gasteiger partial charge in [0.05, 0.1) is 5.56 Å². The third kappa shape index (κ3) is 2.35. The van der Waals surface area contributed by atoms with Gasteiger partial charge in [-0.25, -0.2) is 0 Å². The van der Waals surface area contributed by atoms with Crippen molar-refractivity contribution in [1.29, 1.82) is 0 Å². The van der Waals surface area contributed by atoms with E-state index in [-0.39, 0.29) is 23.7 Å². The zero-order valence-electron chi connectivity index (χ0n) is 7.74. The molecule has 0 aromatic heterocycles. The minimum Gasteiger partial charge on any atom is -0.507 e. The predicted molar refractivity (Wildman–Crippen MR) is 52.1 cm³/mol. The summed E-state index contributed by atoms with van der Waals surface area (Å²) in [4.78, 5) is 11.0. The summed E-state index contributed by atoms with van der Waals surface area (Å²) in [5.41, 5.74) is 0.844. The van der Waals surface area contributed by atoms with Gasteiger partial charge in [0.15, 0.2) is 5.78 Å². The van der Waals surface area contributed by atoms with Gasteiger partial charge in [-0.15, -0.1) is 0 Å². The van der Waals surface area contributed by atoms with Gasteiger partial charge in [-0.1, -0.05) is 11.8 Å². The Balaban J connectivity index is 3.13. The Hall–Kier alpha value is -1.79. The Bertz CT molecular complexity index is 410. The van der Waals surface area contributed by atoms with E-state index in [1.54, 1.807) is 6.07 Å². The van der Waals surface area contributed by atoms with E-state index in [2.05, 4.69) is 11.8 Å². The van der Waals surface area contributed by atoms with Crippen LogP contribution in [0.2, 0.25) is 0 Å². The normalized spacial score (nSPS) is 9.00. The van der Waals surface area contributed by atoms with Gasteiger partial charge in [0.2, 0.25) is 0 Å². The maximum atomic E-state index is 11.0. The third-order valence-electron chi connectivity index (χ3n) is 1.69. The number of phenolic OH excluding ortho intramolecular Hbond substituents is 1. The Morgan fingerprint density at radius 3 is 2.79 bits per heavy atom. The Morgan fingerprint density at radius 1 is 1.50 bits per heavy atom. The average molecular weight is 190 g/mol. The van der Waals surface area contributed by atoms with E-state index >= 15 is 0 Å². The van der Waals surface area contributed by atoms with Crippen molar-refractivity contribution in [2.24, 2.45) is 0 Å². The molecular formula is C11H10O3. The molecule has 3 heteroatoms. The highest BCUT2D eigenvalue weighted by molar-refractivity contribution is 5.97. The highest BCUT2D eigenvalue weighted by Gasteiger charge is 2.05. The van der Waals surface area contributed by atoms with Gasteiger partial charge in [0.25, 0.3) is 0 Å². The molecule has 0 aliphatic rings. The quantitative estimate of drug-likeness (QED) is 0.511. The smallest absolute Gasteiger partial charge is 0.163 e. The second-order valence-corrected chi connectivity index (χ2v) is 2.75. The average Bonchev–Trinajstić information content (AvgIpc) is 2.16. The lowest BCUT2D eigenvalue weighted by atomic mass is 10.1. The summed E-state index contributed by atoms with van der Waals surface area (Å²) in [6, 6.07) is 4.50. The molecular weight excluding hydrogens is 180 g/mol. The zero-order valence-corrected chi connectivity index (χ0v) is 7.74. The lowest BCUT2D eigenvalue weighted by Gasteiger charge is -2.00. The number of carbonyl (C=O) groups is 1. The van der Waals surface area contributed by atoms with E-state index in [4.69, 9.17) is 5.11 Å². The van der Waals surface area contributed by atoms with Crippen molar-refractivity contribution >= 4 is 5.78 Å². The van der Waals surface area contributed by atoms with Crippen LogP contribution >= 0.6 is 0 Å².